The van der Waals surface area contributed by atoms with Crippen LogP contribution in [-0.2, 0) is 28.0 Å². The number of imide groups is 2. The van der Waals surface area contributed by atoms with Gasteiger partial charge in [-0.3, -0.25) is 39.0 Å². The number of rotatable bonds is 17. The van der Waals surface area contributed by atoms with Gasteiger partial charge < -0.3 is 33.9 Å². The van der Waals surface area contributed by atoms with Gasteiger partial charge in [0.25, 0.3) is 17.4 Å². The number of fused-ring (bicyclic) bond motifs is 2. The third-order valence-electron chi connectivity index (χ3n) is 12.9. The van der Waals surface area contributed by atoms with Crippen molar-refractivity contribution in [3.8, 4) is 28.4 Å². The number of benzene rings is 2. The SMILES string of the molecule is COc1cc(-c2cn(C)c(=O)c3cnc(N(C)C)cc23)cc(OC)c1CN(C)CC12CC(C(=O)NCCCCCOc3cccc4c3C(=O)N(C3CCC(=O)NC3=O)C4=O)(C1)C2. The van der Waals surface area contributed by atoms with E-state index in [1.165, 1.54) is 6.07 Å². The van der Waals surface area contributed by atoms with Gasteiger partial charge in [0.2, 0.25) is 17.7 Å². The maximum absolute atomic E-state index is 13.3. The summed E-state index contributed by atoms with van der Waals surface area (Å²) >= 11 is 0. The quantitative estimate of drug-likeness (QED) is 0.115. The molecule has 3 aliphatic carbocycles. The second-order valence-corrected chi connectivity index (χ2v) is 17.6. The van der Waals surface area contributed by atoms with E-state index in [9.17, 15) is 28.8 Å². The van der Waals surface area contributed by atoms with Gasteiger partial charge in [0.05, 0.1) is 48.3 Å². The minimum absolute atomic E-state index is 0.0512. The molecule has 326 valence electrons. The van der Waals surface area contributed by atoms with Gasteiger partial charge in [-0.2, -0.15) is 0 Å². The predicted molar refractivity (Wildman–Crippen MR) is 230 cm³/mol. The Bertz CT molecular complexity index is 2520. The van der Waals surface area contributed by atoms with E-state index in [1.807, 2.05) is 43.4 Å². The van der Waals surface area contributed by atoms with Crippen LogP contribution in [0.3, 0.4) is 0 Å². The highest BCUT2D eigenvalue weighted by molar-refractivity contribution is 6.24. The third-order valence-corrected chi connectivity index (χ3v) is 12.9. The van der Waals surface area contributed by atoms with Gasteiger partial charge in [-0.15, -0.1) is 0 Å². The third kappa shape index (κ3) is 7.54. The van der Waals surface area contributed by atoms with Crippen LogP contribution < -0.4 is 35.3 Å². The highest BCUT2D eigenvalue weighted by Crippen LogP contribution is 2.73. The molecule has 4 aromatic rings. The summed E-state index contributed by atoms with van der Waals surface area (Å²) in [7, 11) is 10.9. The van der Waals surface area contributed by atoms with Gasteiger partial charge in [-0.25, -0.2) is 4.98 Å². The number of ether oxygens (including phenoxy) is 3. The molecule has 1 saturated heterocycles. The van der Waals surface area contributed by atoms with E-state index in [0.29, 0.717) is 43.0 Å². The van der Waals surface area contributed by atoms with Crippen molar-refractivity contribution >= 4 is 46.1 Å². The molecule has 2 bridgehead atoms. The molecule has 1 atom stereocenters. The molecule has 4 heterocycles. The fourth-order valence-corrected chi connectivity index (χ4v) is 10.0. The van der Waals surface area contributed by atoms with Gasteiger partial charge in [0, 0.05) is 70.5 Å². The highest BCUT2D eigenvalue weighted by atomic mass is 16.5. The van der Waals surface area contributed by atoms with E-state index < -0.39 is 29.7 Å². The number of methoxy groups -OCH3 is 2. The number of hydrogen-bond acceptors (Lipinski definition) is 12. The number of aromatic nitrogens is 2. The second-order valence-electron chi connectivity index (χ2n) is 17.6. The summed E-state index contributed by atoms with van der Waals surface area (Å²) in [5.41, 5.74) is 2.62. The van der Waals surface area contributed by atoms with Gasteiger partial charge in [0.15, 0.2) is 0 Å². The molecule has 1 unspecified atom stereocenters. The molecule has 4 fully saturated rings. The van der Waals surface area contributed by atoms with Crippen molar-refractivity contribution in [1.29, 1.82) is 0 Å². The van der Waals surface area contributed by atoms with Crippen LogP contribution in [0.15, 0.2) is 53.6 Å². The number of carbonyl (C=O) groups is 5. The van der Waals surface area contributed by atoms with Crippen molar-refractivity contribution in [3.05, 3.63) is 75.8 Å². The second kappa shape index (κ2) is 16.5. The topological polar surface area (TPSA) is 182 Å². The number of nitrogens with zero attached hydrogens (tertiary/aromatic N) is 5. The first-order valence-corrected chi connectivity index (χ1v) is 21.0. The van der Waals surface area contributed by atoms with Crippen molar-refractivity contribution < 1.29 is 38.2 Å². The fraction of sp³-hybridized carbons (Fsp3) is 0.457. The van der Waals surface area contributed by atoms with Gasteiger partial charge in [-0.1, -0.05) is 6.07 Å². The molecule has 16 heteroatoms. The Morgan fingerprint density at radius 3 is 2.32 bits per heavy atom. The van der Waals surface area contributed by atoms with E-state index in [4.69, 9.17) is 14.2 Å². The molecule has 0 radical (unpaired) electrons. The number of pyridine rings is 2. The number of aryl methyl sites for hydroxylation is 1. The summed E-state index contributed by atoms with van der Waals surface area (Å²) in [6.45, 7) is 2.29. The maximum Gasteiger partial charge on any atom is 0.266 e. The molecule has 2 aromatic carbocycles. The number of carbonyl (C=O) groups excluding carboxylic acids is 5. The smallest absolute Gasteiger partial charge is 0.266 e. The Hall–Kier alpha value is -6.29. The summed E-state index contributed by atoms with van der Waals surface area (Å²) in [6, 6.07) is 9.70. The van der Waals surface area contributed by atoms with Crippen LogP contribution >= 0.6 is 0 Å². The zero-order chi connectivity index (χ0) is 44.1. The molecule has 5 aliphatic rings. The molecule has 2 aromatic heterocycles. The lowest BCUT2D eigenvalue weighted by atomic mass is 9.34. The molecule has 3 saturated carbocycles. The number of piperidine rings is 1. The lowest BCUT2D eigenvalue weighted by Gasteiger charge is -2.70. The van der Waals surface area contributed by atoms with Gasteiger partial charge >= 0.3 is 0 Å². The number of nitrogens with one attached hydrogen (secondary N) is 2. The lowest BCUT2D eigenvalue weighted by Crippen LogP contribution is -2.70. The average Bonchev–Trinajstić information content (AvgIpc) is 3.48. The Balaban J connectivity index is 0.802. The predicted octanol–water partition coefficient (Wildman–Crippen LogP) is 4.05. The Kier molecular flexibility index (Phi) is 11.3. The van der Waals surface area contributed by atoms with Crippen molar-refractivity contribution in [1.82, 2.24) is 30.0 Å². The van der Waals surface area contributed by atoms with E-state index >= 15 is 0 Å². The van der Waals surface area contributed by atoms with Crippen molar-refractivity contribution in [2.45, 2.75) is 64.0 Å². The first-order chi connectivity index (χ1) is 29.7. The van der Waals surface area contributed by atoms with Crippen LogP contribution in [0.1, 0.15) is 77.6 Å². The van der Waals surface area contributed by atoms with Crippen LogP contribution in [0.25, 0.3) is 21.9 Å². The zero-order valence-electron chi connectivity index (χ0n) is 36.1. The minimum atomic E-state index is -1.04. The van der Waals surface area contributed by atoms with Crippen LogP contribution in [0.2, 0.25) is 0 Å². The fourth-order valence-electron chi connectivity index (χ4n) is 10.0. The van der Waals surface area contributed by atoms with Crippen LogP contribution in [0.4, 0.5) is 5.82 Å². The molecule has 9 rings (SSSR count). The lowest BCUT2D eigenvalue weighted by molar-refractivity contribution is -0.213. The number of anilines is 1. The zero-order valence-corrected chi connectivity index (χ0v) is 36.1. The highest BCUT2D eigenvalue weighted by Gasteiger charge is 2.71. The van der Waals surface area contributed by atoms with Crippen molar-refractivity contribution in [2.24, 2.45) is 17.9 Å². The van der Waals surface area contributed by atoms with E-state index in [0.717, 1.165) is 71.4 Å². The molecule has 16 nitrogen and oxygen atoms in total. The summed E-state index contributed by atoms with van der Waals surface area (Å²) in [5.74, 6) is 0.255. The largest absolute Gasteiger partial charge is 0.496 e. The molecule has 0 spiro atoms. The first kappa shape index (κ1) is 42.4. The van der Waals surface area contributed by atoms with Crippen molar-refractivity contribution in [3.63, 3.8) is 0 Å². The van der Waals surface area contributed by atoms with Crippen LogP contribution in [-0.4, -0.2) is 110 Å². The Morgan fingerprint density at radius 2 is 1.65 bits per heavy atom. The maximum atomic E-state index is 13.3. The summed E-state index contributed by atoms with van der Waals surface area (Å²) < 4.78 is 19.4. The standard InChI is InChI=1S/C46H53N7O9/c1-50(2)37-19-29-30(20-48-37)41(56)52(4)22-31(29)27-17-35(60-5)32(36(18-27)61-6)21-51(3)26-45-23-46(24-45,25-45)44(59)47-15-8-7-9-16-62-34-12-10-11-28-39(34)43(58)53(42(28)57)33-13-14-38(54)49-40(33)55/h10-12,17-20,22,33H,7-9,13-16,21,23-26H2,1-6H3,(H,47,59)(H,49,54,55). The normalized spacial score (nSPS) is 21.3. The molecule has 62 heavy (non-hydrogen) atoms. The minimum Gasteiger partial charge on any atom is -0.496 e. The first-order valence-electron chi connectivity index (χ1n) is 21.0. The Labute approximate surface area is 359 Å². The number of amides is 5. The molecular weight excluding hydrogens is 795 g/mol. The molecule has 2 N–H and O–H groups in total. The summed E-state index contributed by atoms with van der Waals surface area (Å²) in [4.78, 5) is 86.4. The van der Waals surface area contributed by atoms with Crippen LogP contribution in [0.5, 0.6) is 17.2 Å². The van der Waals surface area contributed by atoms with E-state index in [-0.39, 0.29) is 52.0 Å². The Morgan fingerprint density at radius 1 is 0.919 bits per heavy atom. The van der Waals surface area contributed by atoms with Gasteiger partial charge in [-0.05, 0) is 93.3 Å². The number of unbranched alkanes of at least 4 members (excludes halogenated alkanes) is 2. The van der Waals surface area contributed by atoms with Crippen LogP contribution in [0, 0.1) is 10.8 Å². The number of hydrogen-bond donors (Lipinski definition) is 2. The summed E-state index contributed by atoms with van der Waals surface area (Å²) in [5, 5.41) is 6.68. The monoisotopic (exact) mass is 847 g/mol. The molecule has 2 aliphatic heterocycles. The molecular formula is C46H53N7O9. The average molecular weight is 848 g/mol. The van der Waals surface area contributed by atoms with Crippen molar-refractivity contribution in [2.75, 3.05) is 60.0 Å². The molecule has 5 amide bonds. The summed E-state index contributed by atoms with van der Waals surface area (Å²) in [6.07, 6.45) is 8.39. The van der Waals surface area contributed by atoms with E-state index in [1.54, 1.807) is 44.2 Å². The van der Waals surface area contributed by atoms with E-state index in [2.05, 4.69) is 27.6 Å². The van der Waals surface area contributed by atoms with Gasteiger partial charge in [0.1, 0.15) is 29.1 Å².